The first-order valence-electron chi connectivity index (χ1n) is 16.8. The average molecular weight is 659 g/mol. The molecule has 46 heavy (non-hydrogen) atoms. The first kappa shape index (κ1) is 32.9. The Balaban J connectivity index is 1.30. The number of thiazole rings is 1. The molecule has 1 saturated heterocycles. The number of aromatic amines is 1. The van der Waals surface area contributed by atoms with Gasteiger partial charge in [0.25, 0.3) is 0 Å². The van der Waals surface area contributed by atoms with Crippen LogP contribution in [0.1, 0.15) is 105 Å². The third-order valence-electron chi connectivity index (χ3n) is 10.0. The predicted molar refractivity (Wildman–Crippen MR) is 189 cm³/mol. The largest absolute Gasteiger partial charge is 0.444 e. The number of likely N-dealkylation sites (tertiary alicyclic amines) is 1. The Morgan fingerprint density at radius 2 is 1.78 bits per heavy atom. The van der Waals surface area contributed by atoms with Crippen molar-refractivity contribution >= 4 is 36.8 Å². The number of carbonyl (C=O) groups is 1. The lowest BCUT2D eigenvalue weighted by atomic mass is 10.0. The number of H-pyrrole nitrogens is 1. The highest BCUT2D eigenvalue weighted by atomic mass is 32.1. The molecule has 0 saturated carbocycles. The van der Waals surface area contributed by atoms with Crippen molar-refractivity contribution in [3.05, 3.63) is 81.1 Å². The summed E-state index contributed by atoms with van der Waals surface area (Å²) in [6.45, 7) is 19.3. The van der Waals surface area contributed by atoms with Gasteiger partial charge >= 0.3 is 6.09 Å². The third kappa shape index (κ3) is 6.69. The van der Waals surface area contributed by atoms with E-state index in [1.807, 2.05) is 43.1 Å². The van der Waals surface area contributed by atoms with Crippen molar-refractivity contribution in [3.8, 4) is 0 Å². The summed E-state index contributed by atoms with van der Waals surface area (Å²) < 4.78 is 13.3. The highest BCUT2D eigenvalue weighted by Gasteiger charge is 2.47. The minimum Gasteiger partial charge on any atom is -0.444 e. The van der Waals surface area contributed by atoms with Gasteiger partial charge in [-0.1, -0.05) is 57.2 Å². The standard InChI is InChI=1S/C37H50N4O3SSi/c1-23-38-32-27(17-20-31(32)45-23)34-39-28-18-15-24(22-29(28)40-34)21-26-16-19-30(41(26)35(42)43-36(2,3)4)33(25-13-11-10-12-14-25)44-46(8,9)37(5,6)7/h10-15,18,22,26-27,30,33H,16-17,19-21H2,1-9H3,(H,39,40)/t26-,27?,30+,33+/m0/s1. The van der Waals surface area contributed by atoms with Crippen LogP contribution < -0.4 is 0 Å². The van der Waals surface area contributed by atoms with Crippen molar-refractivity contribution in [2.45, 2.75) is 128 Å². The number of nitrogens with zero attached hydrogens (tertiary/aromatic N) is 3. The molecule has 1 N–H and O–H groups in total. The van der Waals surface area contributed by atoms with Crippen molar-refractivity contribution in [1.29, 1.82) is 0 Å². The molecule has 0 spiro atoms. The maximum absolute atomic E-state index is 14.1. The number of carbonyl (C=O) groups excluding carboxylic acids is 1. The van der Waals surface area contributed by atoms with Gasteiger partial charge in [0, 0.05) is 10.9 Å². The summed E-state index contributed by atoms with van der Waals surface area (Å²) in [4.78, 5) is 31.0. The van der Waals surface area contributed by atoms with E-state index in [9.17, 15) is 4.79 Å². The number of hydrogen-bond donors (Lipinski definition) is 1. The van der Waals surface area contributed by atoms with Gasteiger partial charge in [0.2, 0.25) is 0 Å². The maximum atomic E-state index is 14.1. The minimum atomic E-state index is -2.18. The number of imidazole rings is 1. The van der Waals surface area contributed by atoms with E-state index in [1.165, 1.54) is 16.1 Å². The van der Waals surface area contributed by atoms with Crippen LogP contribution in [-0.4, -0.2) is 51.9 Å². The number of rotatable bonds is 7. The third-order valence-corrected chi connectivity index (χ3v) is 15.5. The molecule has 1 fully saturated rings. The number of ether oxygens (including phenoxy) is 1. The number of aryl methyl sites for hydroxylation is 2. The van der Waals surface area contributed by atoms with Crippen LogP contribution in [0.15, 0.2) is 48.5 Å². The molecule has 246 valence electrons. The molecule has 2 aromatic carbocycles. The number of nitrogens with one attached hydrogen (secondary N) is 1. The van der Waals surface area contributed by atoms with Crippen LogP contribution in [-0.2, 0) is 22.0 Å². The number of aromatic nitrogens is 3. The van der Waals surface area contributed by atoms with Gasteiger partial charge < -0.3 is 14.1 Å². The molecule has 1 aliphatic heterocycles. The fourth-order valence-electron chi connectivity index (χ4n) is 6.77. The normalized spacial score (nSPS) is 21.2. The summed E-state index contributed by atoms with van der Waals surface area (Å²) in [5.74, 6) is 1.23. The van der Waals surface area contributed by atoms with Crippen molar-refractivity contribution in [3.63, 3.8) is 0 Å². The van der Waals surface area contributed by atoms with E-state index in [4.69, 9.17) is 19.1 Å². The van der Waals surface area contributed by atoms with E-state index in [1.54, 1.807) is 0 Å². The Kier molecular flexibility index (Phi) is 8.74. The zero-order valence-corrected chi connectivity index (χ0v) is 30.8. The molecule has 4 atom stereocenters. The van der Waals surface area contributed by atoms with Gasteiger partial charge in [-0.05, 0) is 101 Å². The van der Waals surface area contributed by atoms with Crippen LogP contribution in [0.4, 0.5) is 4.79 Å². The Morgan fingerprint density at radius 1 is 1.04 bits per heavy atom. The molecule has 2 aromatic heterocycles. The molecule has 2 aliphatic rings. The summed E-state index contributed by atoms with van der Waals surface area (Å²) in [6, 6.07) is 16.8. The summed E-state index contributed by atoms with van der Waals surface area (Å²) in [7, 11) is -2.18. The van der Waals surface area contributed by atoms with Crippen LogP contribution >= 0.6 is 11.3 Å². The molecule has 6 rings (SSSR count). The zero-order chi connectivity index (χ0) is 33.0. The SMILES string of the molecule is Cc1nc2c(s1)CCC2c1nc2ccc(C[C@@H]3CC[C@H]([C@H](O[Si](C)(C)C(C)(C)C)c4ccccc4)N3C(=O)OC(C)(C)C)cc2[nH]1. The predicted octanol–water partition coefficient (Wildman–Crippen LogP) is 9.48. The van der Waals surface area contributed by atoms with Crippen LogP contribution in [0.5, 0.6) is 0 Å². The summed E-state index contributed by atoms with van der Waals surface area (Å²) >= 11 is 1.81. The fourth-order valence-corrected chi connectivity index (χ4v) is 9.06. The van der Waals surface area contributed by atoms with E-state index >= 15 is 0 Å². The van der Waals surface area contributed by atoms with Crippen molar-refractivity contribution < 1.29 is 14.0 Å². The number of amides is 1. The number of fused-ring (bicyclic) bond motifs is 2. The van der Waals surface area contributed by atoms with E-state index < -0.39 is 13.9 Å². The number of benzene rings is 2. The van der Waals surface area contributed by atoms with Gasteiger partial charge in [-0.15, -0.1) is 11.3 Å². The van der Waals surface area contributed by atoms with Crippen molar-refractivity contribution in [2.24, 2.45) is 0 Å². The molecule has 4 aromatic rings. The maximum Gasteiger partial charge on any atom is 0.410 e. The minimum absolute atomic E-state index is 0.00992. The molecular formula is C37H50N4O3SSi. The summed E-state index contributed by atoms with van der Waals surface area (Å²) in [5, 5.41) is 1.16. The lowest BCUT2D eigenvalue weighted by Crippen LogP contribution is -2.50. The molecule has 1 aliphatic carbocycles. The quantitative estimate of drug-likeness (QED) is 0.200. The van der Waals surface area contributed by atoms with E-state index in [0.717, 1.165) is 59.5 Å². The topological polar surface area (TPSA) is 80.3 Å². The molecule has 1 unspecified atom stereocenters. The Hall–Kier alpha value is -3.01. The van der Waals surface area contributed by atoms with Gasteiger partial charge in [-0.2, -0.15) is 0 Å². The smallest absolute Gasteiger partial charge is 0.410 e. The second-order valence-electron chi connectivity index (χ2n) is 15.7. The second-order valence-corrected chi connectivity index (χ2v) is 21.7. The van der Waals surface area contributed by atoms with Crippen LogP contribution in [0.2, 0.25) is 18.1 Å². The van der Waals surface area contributed by atoms with E-state index in [2.05, 4.69) is 88.2 Å². The molecular weight excluding hydrogens is 609 g/mol. The fraction of sp³-hybridized carbons (Fsp3) is 0.541. The van der Waals surface area contributed by atoms with E-state index in [-0.39, 0.29) is 35.2 Å². The van der Waals surface area contributed by atoms with Gasteiger partial charge in [0.15, 0.2) is 8.32 Å². The van der Waals surface area contributed by atoms with Gasteiger partial charge in [-0.25, -0.2) is 14.8 Å². The zero-order valence-electron chi connectivity index (χ0n) is 28.9. The molecule has 0 radical (unpaired) electrons. The Labute approximate surface area is 279 Å². The summed E-state index contributed by atoms with van der Waals surface area (Å²) in [5.41, 5.74) is 4.90. The lowest BCUT2D eigenvalue weighted by molar-refractivity contribution is -0.00238. The number of hydrogen-bond acceptors (Lipinski definition) is 6. The van der Waals surface area contributed by atoms with Gasteiger partial charge in [-0.3, -0.25) is 4.90 Å². The Bertz CT molecular complexity index is 1700. The second kappa shape index (κ2) is 12.2. The average Bonchev–Trinajstić information content (AvgIpc) is 3.73. The molecule has 3 heterocycles. The highest BCUT2D eigenvalue weighted by Crippen LogP contribution is 2.45. The summed E-state index contributed by atoms with van der Waals surface area (Å²) in [6.07, 6.45) is 4.10. The molecule has 7 nitrogen and oxygen atoms in total. The monoisotopic (exact) mass is 658 g/mol. The molecule has 0 bridgehead atoms. The molecule has 1 amide bonds. The van der Waals surface area contributed by atoms with Gasteiger partial charge in [0.1, 0.15) is 11.4 Å². The highest BCUT2D eigenvalue weighted by molar-refractivity contribution is 7.11. The van der Waals surface area contributed by atoms with Gasteiger partial charge in [0.05, 0.1) is 39.8 Å². The Morgan fingerprint density at radius 3 is 2.48 bits per heavy atom. The van der Waals surface area contributed by atoms with Crippen LogP contribution in [0.25, 0.3) is 11.0 Å². The molecule has 9 heteroatoms. The van der Waals surface area contributed by atoms with Crippen molar-refractivity contribution in [1.82, 2.24) is 19.9 Å². The first-order valence-corrected chi connectivity index (χ1v) is 20.5. The van der Waals surface area contributed by atoms with Crippen molar-refractivity contribution in [2.75, 3.05) is 0 Å². The van der Waals surface area contributed by atoms with Crippen LogP contribution in [0, 0.1) is 6.92 Å². The first-order chi connectivity index (χ1) is 21.6. The van der Waals surface area contributed by atoms with E-state index in [0.29, 0.717) is 0 Å². The lowest BCUT2D eigenvalue weighted by Gasteiger charge is -2.43. The van der Waals surface area contributed by atoms with Crippen LogP contribution in [0.3, 0.4) is 0 Å².